The van der Waals surface area contributed by atoms with Crippen molar-refractivity contribution in [2.24, 2.45) is 11.8 Å². The molecule has 1 spiro atoms. The fourth-order valence-corrected chi connectivity index (χ4v) is 4.54. The highest BCUT2D eigenvalue weighted by molar-refractivity contribution is 4.90. The van der Waals surface area contributed by atoms with Gasteiger partial charge in [0.05, 0.1) is 31.5 Å². The maximum absolute atomic E-state index is 6.34. The summed E-state index contributed by atoms with van der Waals surface area (Å²) in [5.41, 5.74) is 0. The van der Waals surface area contributed by atoms with E-state index in [9.17, 15) is 0 Å². The van der Waals surface area contributed by atoms with Crippen molar-refractivity contribution in [3.8, 4) is 0 Å². The number of rotatable bonds is 2. The molecule has 2 saturated heterocycles. The van der Waals surface area contributed by atoms with Gasteiger partial charge >= 0.3 is 0 Å². The van der Waals surface area contributed by atoms with Crippen LogP contribution in [0.2, 0.25) is 0 Å². The topological polar surface area (TPSA) is 30.9 Å². The summed E-state index contributed by atoms with van der Waals surface area (Å²) in [5.74, 6) is 1.06. The number of hydrogen-bond donors (Lipinski definition) is 0. The van der Waals surface area contributed by atoms with E-state index in [1.165, 1.54) is 19.3 Å². The lowest BCUT2D eigenvalue weighted by Gasteiger charge is -2.50. The Kier molecular flexibility index (Phi) is 5.13. The van der Waals surface area contributed by atoms with Crippen LogP contribution in [0.4, 0.5) is 0 Å². The Morgan fingerprint density at radius 2 is 1.68 bits per heavy atom. The van der Waals surface area contributed by atoms with Crippen molar-refractivity contribution in [3.63, 3.8) is 0 Å². The quantitative estimate of drug-likeness (QED) is 0.784. The van der Waals surface area contributed by atoms with Gasteiger partial charge in [-0.25, -0.2) is 0 Å². The van der Waals surface area contributed by atoms with E-state index in [1.54, 1.807) is 0 Å². The lowest BCUT2D eigenvalue weighted by molar-refractivity contribution is -0.322. The highest BCUT2D eigenvalue weighted by Gasteiger charge is 2.47. The summed E-state index contributed by atoms with van der Waals surface area (Å²) < 4.78 is 18.5. The highest BCUT2D eigenvalue weighted by atomic mass is 16.7. The predicted octanol–water partition coefficient (Wildman–Crippen LogP) is 3.05. The van der Waals surface area contributed by atoms with Crippen LogP contribution in [-0.4, -0.2) is 55.2 Å². The average molecular weight is 311 g/mol. The Labute approximate surface area is 135 Å². The van der Waals surface area contributed by atoms with Crippen LogP contribution >= 0.6 is 0 Å². The summed E-state index contributed by atoms with van der Waals surface area (Å²) in [6.07, 6.45) is 5.45. The minimum Gasteiger partial charge on any atom is -0.373 e. The van der Waals surface area contributed by atoms with Gasteiger partial charge < -0.3 is 14.2 Å². The van der Waals surface area contributed by atoms with Crippen molar-refractivity contribution < 1.29 is 14.2 Å². The Morgan fingerprint density at radius 3 is 2.23 bits per heavy atom. The molecule has 4 heteroatoms. The number of morpholine rings is 1. The molecule has 3 rings (SSSR count). The molecule has 0 amide bonds. The van der Waals surface area contributed by atoms with Gasteiger partial charge in [-0.15, -0.1) is 0 Å². The molecule has 0 radical (unpaired) electrons. The van der Waals surface area contributed by atoms with E-state index in [0.717, 1.165) is 38.6 Å². The molecule has 2 aliphatic heterocycles. The van der Waals surface area contributed by atoms with Gasteiger partial charge in [0.25, 0.3) is 0 Å². The lowest BCUT2D eigenvalue weighted by Crippen LogP contribution is -2.59. The Balaban J connectivity index is 1.56. The van der Waals surface area contributed by atoms with Crippen LogP contribution in [0.5, 0.6) is 0 Å². The molecule has 1 saturated carbocycles. The molecule has 4 unspecified atom stereocenters. The van der Waals surface area contributed by atoms with Crippen LogP contribution in [-0.2, 0) is 14.2 Å². The van der Waals surface area contributed by atoms with Crippen molar-refractivity contribution in [1.29, 1.82) is 0 Å². The second-order valence-electron chi connectivity index (χ2n) is 7.75. The van der Waals surface area contributed by atoms with Gasteiger partial charge in [-0.05, 0) is 32.6 Å². The maximum atomic E-state index is 6.34. The van der Waals surface area contributed by atoms with Gasteiger partial charge in [0.2, 0.25) is 0 Å². The molecular formula is C18H33NO3. The first-order valence-electron chi connectivity index (χ1n) is 9.20. The van der Waals surface area contributed by atoms with Crippen LogP contribution in [0.25, 0.3) is 0 Å². The first-order chi connectivity index (χ1) is 10.5. The van der Waals surface area contributed by atoms with Crippen LogP contribution in [0, 0.1) is 11.8 Å². The summed E-state index contributed by atoms with van der Waals surface area (Å²) in [4.78, 5) is 2.49. The van der Waals surface area contributed by atoms with Gasteiger partial charge in [-0.2, -0.15) is 0 Å². The smallest absolute Gasteiger partial charge is 0.170 e. The monoisotopic (exact) mass is 311 g/mol. The molecule has 4 atom stereocenters. The second-order valence-corrected chi connectivity index (χ2v) is 7.75. The minimum absolute atomic E-state index is 0.300. The van der Waals surface area contributed by atoms with E-state index in [-0.39, 0.29) is 5.79 Å². The molecule has 3 aliphatic rings. The number of hydrogen-bond acceptors (Lipinski definition) is 4. The normalized spacial score (nSPS) is 47.7. The van der Waals surface area contributed by atoms with Gasteiger partial charge in [0.1, 0.15) is 0 Å². The van der Waals surface area contributed by atoms with Crippen molar-refractivity contribution in [3.05, 3.63) is 0 Å². The summed E-state index contributed by atoms with van der Waals surface area (Å²) in [7, 11) is 0. The molecule has 2 heterocycles. The van der Waals surface area contributed by atoms with Gasteiger partial charge in [0, 0.05) is 25.4 Å². The first-order valence-corrected chi connectivity index (χ1v) is 9.20. The van der Waals surface area contributed by atoms with Crippen LogP contribution in [0.3, 0.4) is 0 Å². The molecule has 0 aromatic rings. The zero-order valence-corrected chi connectivity index (χ0v) is 14.7. The fraction of sp³-hybridized carbons (Fsp3) is 1.00. The maximum Gasteiger partial charge on any atom is 0.170 e. The average Bonchev–Trinajstić information content (AvgIpc) is 2.50. The lowest BCUT2D eigenvalue weighted by atomic mass is 9.76. The van der Waals surface area contributed by atoms with Gasteiger partial charge in [-0.3, -0.25) is 4.90 Å². The SMILES string of the molecule is CCC1CCC2(OCC(N3CC(C)OC(C)C3)CO2)C(C)C1. The van der Waals surface area contributed by atoms with Crippen molar-refractivity contribution in [2.45, 2.75) is 77.4 Å². The van der Waals surface area contributed by atoms with E-state index in [1.807, 2.05) is 0 Å². The fourth-order valence-electron chi connectivity index (χ4n) is 4.54. The third-order valence-corrected chi connectivity index (χ3v) is 5.92. The number of ether oxygens (including phenoxy) is 3. The van der Waals surface area contributed by atoms with Crippen molar-refractivity contribution >= 4 is 0 Å². The zero-order valence-electron chi connectivity index (χ0n) is 14.7. The molecule has 0 N–H and O–H groups in total. The zero-order chi connectivity index (χ0) is 15.7. The molecule has 3 fully saturated rings. The molecule has 0 aromatic heterocycles. The van der Waals surface area contributed by atoms with Gasteiger partial charge in [0.15, 0.2) is 5.79 Å². The second kappa shape index (κ2) is 6.76. The summed E-state index contributed by atoms with van der Waals surface area (Å²) in [6, 6.07) is 0.385. The molecule has 22 heavy (non-hydrogen) atoms. The molecule has 0 aromatic carbocycles. The van der Waals surface area contributed by atoms with E-state index in [2.05, 4.69) is 32.6 Å². The van der Waals surface area contributed by atoms with Crippen LogP contribution in [0.15, 0.2) is 0 Å². The molecule has 4 nitrogen and oxygen atoms in total. The number of nitrogens with zero attached hydrogens (tertiary/aromatic N) is 1. The highest BCUT2D eigenvalue weighted by Crippen LogP contribution is 2.43. The predicted molar refractivity (Wildman–Crippen MR) is 86.8 cm³/mol. The summed E-state index contributed by atoms with van der Waals surface area (Å²) in [5, 5.41) is 0. The third-order valence-electron chi connectivity index (χ3n) is 5.92. The van der Waals surface area contributed by atoms with Crippen molar-refractivity contribution in [1.82, 2.24) is 4.90 Å². The standard InChI is InChI=1S/C18H33NO3/c1-5-16-6-7-18(13(2)8-16)20-11-17(12-21-18)19-9-14(3)22-15(4)10-19/h13-17H,5-12H2,1-4H3. The molecule has 0 bridgehead atoms. The summed E-state index contributed by atoms with van der Waals surface area (Å²) >= 11 is 0. The van der Waals surface area contributed by atoms with E-state index < -0.39 is 0 Å². The Morgan fingerprint density at radius 1 is 1.05 bits per heavy atom. The molecular weight excluding hydrogens is 278 g/mol. The third kappa shape index (κ3) is 3.35. The van der Waals surface area contributed by atoms with E-state index in [4.69, 9.17) is 14.2 Å². The minimum atomic E-state index is -0.300. The van der Waals surface area contributed by atoms with Crippen molar-refractivity contribution in [2.75, 3.05) is 26.3 Å². The summed E-state index contributed by atoms with van der Waals surface area (Å²) in [6.45, 7) is 12.5. The Hall–Kier alpha value is -0.160. The Bertz CT molecular complexity index is 357. The largest absolute Gasteiger partial charge is 0.373 e. The van der Waals surface area contributed by atoms with E-state index >= 15 is 0 Å². The van der Waals surface area contributed by atoms with Crippen LogP contribution < -0.4 is 0 Å². The van der Waals surface area contributed by atoms with E-state index in [0.29, 0.717) is 24.2 Å². The first kappa shape index (κ1) is 16.7. The van der Waals surface area contributed by atoms with Gasteiger partial charge in [-0.1, -0.05) is 20.3 Å². The van der Waals surface area contributed by atoms with Crippen LogP contribution in [0.1, 0.15) is 53.4 Å². The molecule has 1 aliphatic carbocycles. The molecule has 128 valence electrons.